The van der Waals surface area contributed by atoms with Gasteiger partial charge in [-0.05, 0) is 24.1 Å². The zero-order valence-corrected chi connectivity index (χ0v) is 14.1. The normalized spacial score (nSPS) is 28.8. The fourth-order valence-corrected chi connectivity index (χ4v) is 3.77. The van der Waals surface area contributed by atoms with Crippen LogP contribution in [0.1, 0.15) is 12.0 Å². The maximum atomic E-state index is 12.4. The summed E-state index contributed by atoms with van der Waals surface area (Å²) in [6, 6.07) is 8.31. The van der Waals surface area contributed by atoms with E-state index in [9.17, 15) is 4.79 Å². The summed E-state index contributed by atoms with van der Waals surface area (Å²) in [6.45, 7) is 1.44. The largest absolute Gasteiger partial charge is 0.384 e. The van der Waals surface area contributed by atoms with Crippen molar-refractivity contribution in [1.82, 2.24) is 5.32 Å². The first-order valence-corrected chi connectivity index (χ1v) is 8.26. The zero-order valence-electron chi connectivity index (χ0n) is 14.1. The number of fused-ring (bicyclic) bond motifs is 1. The lowest BCUT2D eigenvalue weighted by molar-refractivity contribution is -0.129. The van der Waals surface area contributed by atoms with Crippen molar-refractivity contribution in [3.63, 3.8) is 0 Å². The molecule has 1 aromatic rings. The highest BCUT2D eigenvalue weighted by molar-refractivity contribution is 5.79. The van der Waals surface area contributed by atoms with Gasteiger partial charge in [0, 0.05) is 51.4 Å². The van der Waals surface area contributed by atoms with Gasteiger partial charge in [0.05, 0.1) is 19.1 Å². The number of benzene rings is 1. The first-order chi connectivity index (χ1) is 11.1. The van der Waals surface area contributed by atoms with Crippen LogP contribution < -0.4 is 10.2 Å². The number of carbonyl (C=O) groups is 1. The highest BCUT2D eigenvalue weighted by atomic mass is 16.5. The van der Waals surface area contributed by atoms with Gasteiger partial charge in [0.2, 0.25) is 5.91 Å². The lowest BCUT2D eigenvalue weighted by Gasteiger charge is -2.47. The molecule has 0 radical (unpaired) electrons. The molecule has 4 atom stereocenters. The van der Waals surface area contributed by atoms with Gasteiger partial charge >= 0.3 is 0 Å². The first kappa shape index (κ1) is 16.3. The van der Waals surface area contributed by atoms with E-state index in [1.807, 2.05) is 43.3 Å². The lowest BCUT2D eigenvalue weighted by atomic mass is 9.67. The van der Waals surface area contributed by atoms with Crippen molar-refractivity contribution in [1.29, 1.82) is 0 Å². The van der Waals surface area contributed by atoms with Gasteiger partial charge in [0.1, 0.15) is 0 Å². The Kier molecular flexibility index (Phi) is 4.87. The SMILES string of the molecule is COC[C@@H]1[C@H](NC(=O)Cc2ccc(N(C)C)cc2)[C@@H]2CCO[C@H]12. The van der Waals surface area contributed by atoms with E-state index in [0.29, 0.717) is 18.9 Å². The molecule has 0 spiro atoms. The second-order valence-corrected chi connectivity index (χ2v) is 6.74. The Morgan fingerprint density at radius 1 is 1.35 bits per heavy atom. The third kappa shape index (κ3) is 3.35. The van der Waals surface area contributed by atoms with E-state index in [-0.39, 0.29) is 24.0 Å². The Balaban J connectivity index is 1.56. The van der Waals surface area contributed by atoms with Gasteiger partial charge in [-0.3, -0.25) is 4.79 Å². The molecule has 1 aliphatic carbocycles. The summed E-state index contributed by atoms with van der Waals surface area (Å²) in [5, 5.41) is 3.20. The molecule has 0 bridgehead atoms. The second kappa shape index (κ2) is 6.89. The summed E-state index contributed by atoms with van der Waals surface area (Å²) >= 11 is 0. The van der Waals surface area contributed by atoms with Crippen LogP contribution >= 0.6 is 0 Å². The summed E-state index contributed by atoms with van der Waals surface area (Å²) < 4.78 is 11.0. The minimum atomic E-state index is 0.0825. The fourth-order valence-electron chi connectivity index (χ4n) is 3.77. The molecule has 5 nitrogen and oxygen atoms in total. The Labute approximate surface area is 137 Å². The van der Waals surface area contributed by atoms with Gasteiger partial charge in [0.25, 0.3) is 0 Å². The third-order valence-corrected chi connectivity index (χ3v) is 5.03. The van der Waals surface area contributed by atoms with Crippen molar-refractivity contribution in [2.45, 2.75) is 25.0 Å². The predicted molar refractivity (Wildman–Crippen MR) is 89.6 cm³/mol. The molecule has 1 N–H and O–H groups in total. The number of methoxy groups -OCH3 is 1. The summed E-state index contributed by atoms with van der Waals surface area (Å²) in [5.74, 6) is 0.821. The predicted octanol–water partition coefficient (Wildman–Crippen LogP) is 1.46. The number of carbonyl (C=O) groups excluding carboxylic acids is 1. The van der Waals surface area contributed by atoms with Crippen LogP contribution in [0.2, 0.25) is 0 Å². The highest BCUT2D eigenvalue weighted by Crippen LogP contribution is 2.43. The molecule has 1 heterocycles. The van der Waals surface area contributed by atoms with E-state index < -0.39 is 0 Å². The summed E-state index contributed by atoms with van der Waals surface area (Å²) in [5.41, 5.74) is 2.18. The molecule has 126 valence electrons. The van der Waals surface area contributed by atoms with E-state index in [1.165, 1.54) is 0 Å². The molecule has 1 aromatic carbocycles. The van der Waals surface area contributed by atoms with Crippen LogP contribution in [0.15, 0.2) is 24.3 Å². The number of nitrogens with zero attached hydrogens (tertiary/aromatic N) is 1. The monoisotopic (exact) mass is 318 g/mol. The van der Waals surface area contributed by atoms with E-state index >= 15 is 0 Å². The van der Waals surface area contributed by atoms with Gasteiger partial charge in [-0.15, -0.1) is 0 Å². The van der Waals surface area contributed by atoms with E-state index in [0.717, 1.165) is 24.3 Å². The molecule has 1 saturated carbocycles. The highest BCUT2D eigenvalue weighted by Gasteiger charge is 2.54. The van der Waals surface area contributed by atoms with Gasteiger partial charge in [-0.2, -0.15) is 0 Å². The smallest absolute Gasteiger partial charge is 0.224 e. The fraction of sp³-hybridized carbons (Fsp3) is 0.611. The van der Waals surface area contributed by atoms with Crippen LogP contribution in [-0.2, 0) is 20.7 Å². The van der Waals surface area contributed by atoms with Crippen LogP contribution in [0.25, 0.3) is 0 Å². The Morgan fingerprint density at radius 2 is 2.09 bits per heavy atom. The number of amides is 1. The van der Waals surface area contributed by atoms with E-state index in [2.05, 4.69) is 5.32 Å². The van der Waals surface area contributed by atoms with Crippen molar-refractivity contribution in [2.24, 2.45) is 11.8 Å². The molecule has 2 aliphatic rings. The molecule has 1 saturated heterocycles. The molecule has 1 amide bonds. The van der Waals surface area contributed by atoms with Crippen LogP contribution in [0.3, 0.4) is 0 Å². The standard InChI is InChI=1S/C18H26N2O3/c1-20(2)13-6-4-12(5-7-13)10-16(21)19-17-14-8-9-23-18(14)15(17)11-22-3/h4-7,14-15,17-18H,8-11H2,1-3H3,(H,19,21)/t14-,15+,17+,18-/m0/s1. The summed E-state index contributed by atoms with van der Waals surface area (Å²) in [6.07, 6.45) is 1.72. The molecule has 5 heteroatoms. The molecule has 1 aliphatic heterocycles. The van der Waals surface area contributed by atoms with Gasteiger partial charge in [-0.1, -0.05) is 12.1 Å². The maximum absolute atomic E-state index is 12.4. The van der Waals surface area contributed by atoms with Crippen LogP contribution in [0, 0.1) is 11.8 Å². The molecule has 3 rings (SSSR count). The van der Waals surface area contributed by atoms with Crippen molar-refractivity contribution < 1.29 is 14.3 Å². The minimum absolute atomic E-state index is 0.0825. The lowest BCUT2D eigenvalue weighted by Crippen LogP contribution is -2.62. The summed E-state index contributed by atoms with van der Waals surface area (Å²) in [7, 11) is 5.72. The molecular formula is C18H26N2O3. The van der Waals surface area contributed by atoms with Crippen LogP contribution in [0.4, 0.5) is 5.69 Å². The quantitative estimate of drug-likeness (QED) is 0.863. The van der Waals surface area contributed by atoms with E-state index in [1.54, 1.807) is 7.11 Å². The Bertz CT molecular complexity index is 544. The van der Waals surface area contributed by atoms with Gasteiger partial charge in [-0.25, -0.2) is 0 Å². The maximum Gasteiger partial charge on any atom is 0.224 e. The van der Waals surface area contributed by atoms with E-state index in [4.69, 9.17) is 9.47 Å². The average molecular weight is 318 g/mol. The second-order valence-electron chi connectivity index (χ2n) is 6.74. The van der Waals surface area contributed by atoms with Crippen molar-refractivity contribution >= 4 is 11.6 Å². The zero-order chi connectivity index (χ0) is 16.4. The minimum Gasteiger partial charge on any atom is -0.384 e. The summed E-state index contributed by atoms with van der Waals surface area (Å²) in [4.78, 5) is 14.4. The topological polar surface area (TPSA) is 50.8 Å². The Morgan fingerprint density at radius 3 is 2.74 bits per heavy atom. The molecule has 0 aromatic heterocycles. The molecular weight excluding hydrogens is 292 g/mol. The van der Waals surface area contributed by atoms with Crippen molar-refractivity contribution in [3.05, 3.63) is 29.8 Å². The molecule has 0 unspecified atom stereocenters. The Hall–Kier alpha value is -1.59. The van der Waals surface area contributed by atoms with Crippen LogP contribution in [0.5, 0.6) is 0 Å². The third-order valence-electron chi connectivity index (χ3n) is 5.03. The number of nitrogens with one attached hydrogen (secondary N) is 1. The van der Waals surface area contributed by atoms with Gasteiger partial charge < -0.3 is 19.7 Å². The number of anilines is 1. The number of rotatable bonds is 6. The van der Waals surface area contributed by atoms with Gasteiger partial charge in [0.15, 0.2) is 0 Å². The van der Waals surface area contributed by atoms with Crippen LogP contribution in [-0.4, -0.2) is 52.5 Å². The number of ether oxygens (including phenoxy) is 2. The number of hydrogen-bond acceptors (Lipinski definition) is 4. The molecule has 23 heavy (non-hydrogen) atoms. The van der Waals surface area contributed by atoms with Crippen molar-refractivity contribution in [2.75, 3.05) is 39.3 Å². The number of hydrogen-bond donors (Lipinski definition) is 1. The molecule has 2 fully saturated rings. The average Bonchev–Trinajstić information content (AvgIpc) is 2.95. The first-order valence-electron chi connectivity index (χ1n) is 8.26. The van der Waals surface area contributed by atoms with Crippen molar-refractivity contribution in [3.8, 4) is 0 Å².